The molecule has 0 aliphatic carbocycles. The molecule has 0 saturated heterocycles. The molecule has 0 spiro atoms. The van der Waals surface area contributed by atoms with Crippen LogP contribution in [0, 0.1) is 0 Å². The fourth-order valence-corrected chi connectivity index (χ4v) is 2.45. The van der Waals surface area contributed by atoms with E-state index in [9.17, 15) is 4.79 Å². The van der Waals surface area contributed by atoms with E-state index in [4.69, 9.17) is 4.42 Å². The first kappa shape index (κ1) is 13.5. The number of aromatic amines is 1. The largest absolute Gasteiger partial charge is 0.441 e. The number of amides is 1. The van der Waals surface area contributed by atoms with Gasteiger partial charge in [-0.25, -0.2) is 9.97 Å². The number of aryl methyl sites for hydroxylation is 1. The van der Waals surface area contributed by atoms with Crippen LogP contribution in [-0.2, 0) is 11.2 Å². The van der Waals surface area contributed by atoms with Gasteiger partial charge in [-0.2, -0.15) is 0 Å². The summed E-state index contributed by atoms with van der Waals surface area (Å²) in [5.74, 6) is 0.881. The molecule has 1 amide bonds. The van der Waals surface area contributed by atoms with E-state index in [-0.39, 0.29) is 12.3 Å². The van der Waals surface area contributed by atoms with E-state index in [0.717, 1.165) is 22.1 Å². The quantitative estimate of drug-likeness (QED) is 0.606. The van der Waals surface area contributed by atoms with Crippen molar-refractivity contribution in [1.82, 2.24) is 15.0 Å². The highest BCUT2D eigenvalue weighted by Gasteiger charge is 2.10. The van der Waals surface area contributed by atoms with Gasteiger partial charge in [0, 0.05) is 12.8 Å². The van der Waals surface area contributed by atoms with Crippen molar-refractivity contribution >= 4 is 34.0 Å². The van der Waals surface area contributed by atoms with Crippen LogP contribution >= 0.6 is 0 Å². The lowest BCUT2D eigenvalue weighted by Crippen LogP contribution is -2.13. The van der Waals surface area contributed by atoms with Crippen LogP contribution in [0.1, 0.15) is 12.3 Å². The molecule has 0 atom stereocenters. The molecule has 6 nitrogen and oxygen atoms in total. The molecule has 2 heterocycles. The molecule has 0 aliphatic heterocycles. The van der Waals surface area contributed by atoms with Gasteiger partial charge in [0.1, 0.15) is 5.52 Å². The first-order valence-electron chi connectivity index (χ1n) is 7.37. The Labute approximate surface area is 131 Å². The number of H-pyrrole nitrogens is 1. The number of anilines is 1. The molecule has 6 heteroatoms. The summed E-state index contributed by atoms with van der Waals surface area (Å²) in [6, 6.07) is 15.2. The second-order valence-electron chi connectivity index (χ2n) is 5.23. The highest BCUT2D eigenvalue weighted by Crippen LogP contribution is 2.16. The summed E-state index contributed by atoms with van der Waals surface area (Å²) < 4.78 is 5.60. The van der Waals surface area contributed by atoms with Gasteiger partial charge in [-0.3, -0.25) is 10.1 Å². The van der Waals surface area contributed by atoms with E-state index in [1.54, 1.807) is 0 Å². The van der Waals surface area contributed by atoms with Crippen LogP contribution in [0.5, 0.6) is 0 Å². The van der Waals surface area contributed by atoms with Gasteiger partial charge in [0.25, 0.3) is 0 Å². The highest BCUT2D eigenvalue weighted by atomic mass is 16.3. The van der Waals surface area contributed by atoms with Crippen LogP contribution in [0.15, 0.2) is 52.9 Å². The molecule has 2 aromatic carbocycles. The van der Waals surface area contributed by atoms with Gasteiger partial charge in [-0.05, 0) is 24.3 Å². The van der Waals surface area contributed by atoms with Crippen molar-refractivity contribution in [2.75, 3.05) is 5.32 Å². The van der Waals surface area contributed by atoms with E-state index in [2.05, 4.69) is 20.3 Å². The number of carbonyl (C=O) groups excluding carboxylic acids is 1. The Kier molecular flexibility index (Phi) is 3.27. The maximum Gasteiger partial charge on any atom is 0.227 e. The summed E-state index contributed by atoms with van der Waals surface area (Å²) in [6.07, 6.45) is 0.727. The molecule has 0 aliphatic rings. The second-order valence-corrected chi connectivity index (χ2v) is 5.23. The number of hydrogen-bond acceptors (Lipinski definition) is 4. The summed E-state index contributed by atoms with van der Waals surface area (Å²) in [5, 5.41) is 2.76. The summed E-state index contributed by atoms with van der Waals surface area (Å²) in [7, 11) is 0. The molecule has 2 N–H and O–H groups in total. The van der Waals surface area contributed by atoms with Crippen LogP contribution < -0.4 is 5.32 Å². The summed E-state index contributed by atoms with van der Waals surface area (Å²) in [5.41, 5.74) is 3.25. The number of benzene rings is 2. The monoisotopic (exact) mass is 306 g/mol. The number of nitrogens with one attached hydrogen (secondary N) is 2. The molecule has 2 aromatic heterocycles. The van der Waals surface area contributed by atoms with Crippen molar-refractivity contribution < 1.29 is 9.21 Å². The van der Waals surface area contributed by atoms with Gasteiger partial charge in [0.2, 0.25) is 11.9 Å². The number of oxazole rings is 1. The van der Waals surface area contributed by atoms with Crippen molar-refractivity contribution in [1.29, 1.82) is 0 Å². The minimum absolute atomic E-state index is 0.133. The van der Waals surface area contributed by atoms with Crippen LogP contribution in [-0.4, -0.2) is 20.9 Å². The van der Waals surface area contributed by atoms with E-state index < -0.39 is 0 Å². The SMILES string of the molecule is O=C(CCc1nc2ccccc2o1)Nc1nc2ccccc2[nH]1. The molecule has 4 rings (SSSR count). The van der Waals surface area contributed by atoms with Gasteiger partial charge in [-0.15, -0.1) is 0 Å². The van der Waals surface area contributed by atoms with Gasteiger partial charge in [0.05, 0.1) is 11.0 Å². The number of rotatable bonds is 4. The normalized spacial score (nSPS) is 11.1. The fraction of sp³-hybridized carbons (Fsp3) is 0.118. The third-order valence-corrected chi connectivity index (χ3v) is 3.55. The topological polar surface area (TPSA) is 83.8 Å². The Hall–Kier alpha value is -3.15. The van der Waals surface area contributed by atoms with Crippen molar-refractivity contribution in [3.8, 4) is 0 Å². The maximum atomic E-state index is 12.0. The highest BCUT2D eigenvalue weighted by molar-refractivity contribution is 5.91. The minimum atomic E-state index is -0.133. The van der Waals surface area contributed by atoms with Crippen LogP contribution in [0.3, 0.4) is 0 Å². The Morgan fingerprint density at radius 2 is 1.83 bits per heavy atom. The smallest absolute Gasteiger partial charge is 0.227 e. The maximum absolute atomic E-state index is 12.0. The lowest BCUT2D eigenvalue weighted by Gasteiger charge is -1.99. The Morgan fingerprint density at radius 1 is 1.04 bits per heavy atom. The standard InChI is InChI=1S/C17H14N4O2/c22-15(21-17-19-11-5-1-2-6-12(11)20-17)9-10-16-18-13-7-3-4-8-14(13)23-16/h1-8H,9-10H2,(H2,19,20,21,22). The Balaban J connectivity index is 1.41. The lowest BCUT2D eigenvalue weighted by atomic mass is 10.3. The molecule has 0 unspecified atom stereocenters. The molecule has 0 bridgehead atoms. The average molecular weight is 306 g/mol. The number of nitrogens with zero attached hydrogens (tertiary/aromatic N) is 2. The van der Waals surface area contributed by atoms with Gasteiger partial charge in [-0.1, -0.05) is 24.3 Å². The van der Waals surface area contributed by atoms with E-state index in [0.29, 0.717) is 18.3 Å². The number of fused-ring (bicyclic) bond motifs is 2. The van der Waals surface area contributed by atoms with Crippen molar-refractivity contribution in [2.45, 2.75) is 12.8 Å². The van der Waals surface area contributed by atoms with Crippen LogP contribution in [0.2, 0.25) is 0 Å². The van der Waals surface area contributed by atoms with Crippen LogP contribution in [0.4, 0.5) is 5.95 Å². The molecule has 0 saturated carbocycles. The third-order valence-electron chi connectivity index (χ3n) is 3.55. The zero-order valence-corrected chi connectivity index (χ0v) is 12.2. The van der Waals surface area contributed by atoms with Gasteiger partial charge < -0.3 is 9.40 Å². The number of para-hydroxylation sites is 4. The first-order valence-corrected chi connectivity index (χ1v) is 7.37. The summed E-state index contributed by atoms with van der Waals surface area (Å²) >= 11 is 0. The van der Waals surface area contributed by atoms with Crippen molar-refractivity contribution in [3.05, 3.63) is 54.4 Å². The summed E-state index contributed by atoms with van der Waals surface area (Å²) in [6.45, 7) is 0. The number of imidazole rings is 1. The molecular weight excluding hydrogens is 292 g/mol. The molecule has 0 fully saturated rings. The predicted octanol–water partition coefficient (Wildman–Crippen LogP) is 3.28. The third kappa shape index (κ3) is 2.78. The van der Waals surface area contributed by atoms with Gasteiger partial charge >= 0.3 is 0 Å². The predicted molar refractivity (Wildman–Crippen MR) is 87.1 cm³/mol. The Morgan fingerprint density at radius 3 is 2.65 bits per heavy atom. The lowest BCUT2D eigenvalue weighted by molar-refractivity contribution is -0.116. The second kappa shape index (κ2) is 5.57. The molecule has 4 aromatic rings. The van der Waals surface area contributed by atoms with Crippen molar-refractivity contribution in [3.63, 3.8) is 0 Å². The number of carbonyl (C=O) groups is 1. The molecule has 114 valence electrons. The average Bonchev–Trinajstić information content (AvgIpc) is 3.15. The minimum Gasteiger partial charge on any atom is -0.441 e. The number of hydrogen-bond donors (Lipinski definition) is 2. The van der Waals surface area contributed by atoms with E-state index in [1.165, 1.54) is 0 Å². The zero-order valence-electron chi connectivity index (χ0n) is 12.2. The van der Waals surface area contributed by atoms with E-state index in [1.807, 2.05) is 48.5 Å². The van der Waals surface area contributed by atoms with Crippen LogP contribution in [0.25, 0.3) is 22.1 Å². The number of aromatic nitrogens is 3. The summed E-state index contributed by atoms with van der Waals surface area (Å²) in [4.78, 5) is 23.8. The van der Waals surface area contributed by atoms with E-state index >= 15 is 0 Å². The Bertz CT molecular complexity index is 920. The molecule has 23 heavy (non-hydrogen) atoms. The zero-order chi connectivity index (χ0) is 15.6. The first-order chi connectivity index (χ1) is 11.3. The van der Waals surface area contributed by atoms with Crippen molar-refractivity contribution in [2.24, 2.45) is 0 Å². The molecular formula is C17H14N4O2. The van der Waals surface area contributed by atoms with Gasteiger partial charge in [0.15, 0.2) is 11.5 Å². The molecule has 0 radical (unpaired) electrons. The fourth-order valence-electron chi connectivity index (χ4n) is 2.45.